The number of aromatic hydroxyl groups is 1. The molecule has 0 aromatic heterocycles. The molecule has 0 aliphatic heterocycles. The molecule has 2 aromatic carbocycles. The van der Waals surface area contributed by atoms with Crippen LogP contribution in [0.4, 0.5) is 5.69 Å². The smallest absolute Gasteiger partial charge is 0.193 e. The Hall–Kier alpha value is -2.16. The monoisotopic (exact) mass is 471 g/mol. The number of hydrogen-bond acceptors (Lipinski definition) is 4. The molecule has 0 atom stereocenters. The van der Waals surface area contributed by atoms with Gasteiger partial charge in [0.1, 0.15) is 5.75 Å². The molecule has 0 aliphatic rings. The second-order valence-electron chi connectivity index (χ2n) is 5.84. The molecule has 0 unspecified atom stereocenters. The Balaban J connectivity index is 0.00000338. The zero-order chi connectivity index (χ0) is 18.2. The average molecular weight is 471 g/mol. The van der Waals surface area contributed by atoms with Gasteiger partial charge < -0.3 is 25.6 Å². The normalized spacial score (nSPS) is 11.0. The lowest BCUT2D eigenvalue weighted by Gasteiger charge is -2.11. The molecular weight excluding hydrogens is 445 g/mol. The fraction of sp³-hybridized carbons (Fsp3) is 0.316. The second-order valence-corrected chi connectivity index (χ2v) is 5.84. The van der Waals surface area contributed by atoms with Crippen molar-refractivity contribution in [3.05, 3.63) is 48.0 Å². The average Bonchev–Trinajstić information content (AvgIpc) is 2.57. The number of phenols is 1. The molecule has 0 aliphatic carbocycles. The Morgan fingerprint density at radius 1 is 1.19 bits per heavy atom. The third-order valence-corrected chi connectivity index (χ3v) is 3.43. The van der Waals surface area contributed by atoms with E-state index in [1.54, 1.807) is 12.1 Å². The van der Waals surface area contributed by atoms with Gasteiger partial charge in [-0.1, -0.05) is 6.07 Å². The third kappa shape index (κ3) is 6.99. The minimum Gasteiger partial charge on any atom is -0.504 e. The summed E-state index contributed by atoms with van der Waals surface area (Å²) in [6, 6.07) is 12.8. The zero-order valence-electron chi connectivity index (χ0n) is 15.2. The minimum absolute atomic E-state index is 0. The molecule has 26 heavy (non-hydrogen) atoms. The second kappa shape index (κ2) is 10.7. The van der Waals surface area contributed by atoms with Crippen LogP contribution >= 0.6 is 24.0 Å². The molecular formula is C19H26IN3O3. The lowest BCUT2D eigenvalue weighted by molar-refractivity contribution is 0.242. The van der Waals surface area contributed by atoms with Crippen molar-refractivity contribution < 1.29 is 14.6 Å². The van der Waals surface area contributed by atoms with Crippen LogP contribution in [-0.4, -0.2) is 30.8 Å². The Kier molecular flexibility index (Phi) is 9.04. The first-order valence-electron chi connectivity index (χ1n) is 8.17. The predicted molar refractivity (Wildman–Crippen MR) is 116 cm³/mol. The maximum absolute atomic E-state index is 9.59. The summed E-state index contributed by atoms with van der Waals surface area (Å²) in [5.41, 5.74) is 7.78. The van der Waals surface area contributed by atoms with Crippen molar-refractivity contribution >= 4 is 35.6 Å². The molecule has 0 spiro atoms. The van der Waals surface area contributed by atoms with Gasteiger partial charge >= 0.3 is 0 Å². The number of nitrogens with one attached hydrogen (secondary N) is 1. The van der Waals surface area contributed by atoms with Crippen molar-refractivity contribution in [2.24, 2.45) is 10.7 Å². The summed E-state index contributed by atoms with van der Waals surface area (Å²) in [6.45, 7) is 4.50. The Bertz CT molecular complexity index is 718. The zero-order valence-corrected chi connectivity index (χ0v) is 17.6. The van der Waals surface area contributed by atoms with Gasteiger partial charge in [-0.25, -0.2) is 0 Å². The van der Waals surface area contributed by atoms with Crippen molar-refractivity contribution in [1.82, 2.24) is 0 Å². The minimum atomic E-state index is 0. The maximum atomic E-state index is 9.59. The van der Waals surface area contributed by atoms with E-state index in [0.29, 0.717) is 24.7 Å². The highest BCUT2D eigenvalue weighted by atomic mass is 127. The fourth-order valence-electron chi connectivity index (χ4n) is 2.26. The number of nitrogens with two attached hydrogens (primary N) is 1. The Morgan fingerprint density at radius 2 is 1.88 bits per heavy atom. The summed E-state index contributed by atoms with van der Waals surface area (Å²) in [6.07, 6.45) is 0.837. The summed E-state index contributed by atoms with van der Waals surface area (Å²) < 4.78 is 10.7. The van der Waals surface area contributed by atoms with E-state index >= 15 is 0 Å². The molecule has 0 saturated carbocycles. The molecule has 142 valence electrons. The van der Waals surface area contributed by atoms with E-state index in [9.17, 15) is 5.11 Å². The van der Waals surface area contributed by atoms with Gasteiger partial charge in [-0.15, -0.1) is 24.0 Å². The van der Waals surface area contributed by atoms with Crippen LogP contribution in [0.15, 0.2) is 47.5 Å². The van der Waals surface area contributed by atoms with Crippen LogP contribution in [0, 0.1) is 0 Å². The SMILES string of the molecule is COc1cc(CCN=C(N)Nc2ccc(OC(C)C)cc2)ccc1O.I. The van der Waals surface area contributed by atoms with Gasteiger partial charge in [-0.2, -0.15) is 0 Å². The Morgan fingerprint density at radius 3 is 2.50 bits per heavy atom. The van der Waals surface area contributed by atoms with Gasteiger partial charge in [0.25, 0.3) is 0 Å². The van der Waals surface area contributed by atoms with Crippen molar-refractivity contribution in [2.75, 3.05) is 19.0 Å². The van der Waals surface area contributed by atoms with Gasteiger partial charge in [-0.05, 0) is 62.2 Å². The molecule has 0 radical (unpaired) electrons. The number of nitrogens with zero attached hydrogens (tertiary/aromatic N) is 1. The number of benzene rings is 2. The number of ether oxygens (including phenoxy) is 2. The van der Waals surface area contributed by atoms with E-state index in [2.05, 4.69) is 10.3 Å². The highest BCUT2D eigenvalue weighted by molar-refractivity contribution is 14.0. The van der Waals surface area contributed by atoms with E-state index in [4.69, 9.17) is 15.2 Å². The standard InChI is InChI=1S/C19H25N3O3.HI/c1-13(2)25-16-7-5-15(6-8-16)22-19(20)21-11-10-14-4-9-17(23)18(12-14)24-3;/h4-9,12-13,23H,10-11H2,1-3H3,(H3,20,21,22);1H. The summed E-state index contributed by atoms with van der Waals surface area (Å²) in [4.78, 5) is 4.31. The number of phenolic OH excluding ortho intramolecular Hbond substituents is 1. The van der Waals surface area contributed by atoms with E-state index in [0.717, 1.165) is 17.0 Å². The van der Waals surface area contributed by atoms with E-state index in [1.165, 1.54) is 7.11 Å². The number of rotatable bonds is 7. The van der Waals surface area contributed by atoms with Crippen molar-refractivity contribution in [3.8, 4) is 17.2 Å². The molecule has 4 N–H and O–H groups in total. The van der Waals surface area contributed by atoms with Crippen LogP contribution in [-0.2, 0) is 6.42 Å². The Labute approximate surface area is 171 Å². The number of hydrogen-bond donors (Lipinski definition) is 3. The first-order chi connectivity index (χ1) is 12.0. The molecule has 2 aromatic rings. The number of anilines is 1. The van der Waals surface area contributed by atoms with Crippen molar-refractivity contribution in [2.45, 2.75) is 26.4 Å². The van der Waals surface area contributed by atoms with Gasteiger partial charge in [0.05, 0.1) is 13.2 Å². The predicted octanol–water partition coefficient (Wildman–Crippen LogP) is 3.78. The topological polar surface area (TPSA) is 89.1 Å². The summed E-state index contributed by atoms with van der Waals surface area (Å²) in [5.74, 6) is 1.75. The number of aliphatic imine (C=N–C) groups is 1. The van der Waals surface area contributed by atoms with Crippen LogP contribution < -0.4 is 20.5 Å². The van der Waals surface area contributed by atoms with Gasteiger partial charge in [-0.3, -0.25) is 4.99 Å². The third-order valence-electron chi connectivity index (χ3n) is 3.43. The number of methoxy groups -OCH3 is 1. The largest absolute Gasteiger partial charge is 0.504 e. The van der Waals surface area contributed by atoms with Crippen molar-refractivity contribution in [3.63, 3.8) is 0 Å². The molecule has 0 amide bonds. The first-order valence-corrected chi connectivity index (χ1v) is 8.17. The van der Waals surface area contributed by atoms with Gasteiger partial charge in [0.15, 0.2) is 17.5 Å². The van der Waals surface area contributed by atoms with E-state index in [1.807, 2.05) is 44.2 Å². The summed E-state index contributed by atoms with van der Waals surface area (Å²) in [7, 11) is 1.52. The fourth-order valence-corrected chi connectivity index (χ4v) is 2.26. The highest BCUT2D eigenvalue weighted by Gasteiger charge is 2.03. The van der Waals surface area contributed by atoms with Crippen LogP contribution in [0.1, 0.15) is 19.4 Å². The first kappa shape index (κ1) is 21.9. The van der Waals surface area contributed by atoms with Crippen LogP contribution in [0.5, 0.6) is 17.2 Å². The number of halogens is 1. The number of guanidine groups is 1. The van der Waals surface area contributed by atoms with Gasteiger partial charge in [0, 0.05) is 12.2 Å². The maximum Gasteiger partial charge on any atom is 0.193 e. The van der Waals surface area contributed by atoms with E-state index < -0.39 is 0 Å². The lowest BCUT2D eigenvalue weighted by Crippen LogP contribution is -2.23. The molecule has 7 heteroatoms. The highest BCUT2D eigenvalue weighted by Crippen LogP contribution is 2.26. The van der Waals surface area contributed by atoms with Gasteiger partial charge in [0.2, 0.25) is 0 Å². The summed E-state index contributed by atoms with van der Waals surface area (Å²) >= 11 is 0. The molecule has 0 bridgehead atoms. The lowest BCUT2D eigenvalue weighted by atomic mass is 10.1. The molecule has 2 rings (SSSR count). The molecule has 0 fully saturated rings. The van der Waals surface area contributed by atoms with Crippen LogP contribution in [0.25, 0.3) is 0 Å². The van der Waals surface area contributed by atoms with Crippen LogP contribution in [0.2, 0.25) is 0 Å². The van der Waals surface area contributed by atoms with Crippen molar-refractivity contribution in [1.29, 1.82) is 0 Å². The summed E-state index contributed by atoms with van der Waals surface area (Å²) in [5, 5.41) is 12.6. The molecule has 6 nitrogen and oxygen atoms in total. The molecule has 0 saturated heterocycles. The van der Waals surface area contributed by atoms with E-state index in [-0.39, 0.29) is 35.8 Å². The van der Waals surface area contributed by atoms with Crippen LogP contribution in [0.3, 0.4) is 0 Å². The molecule has 0 heterocycles. The quantitative estimate of drug-likeness (QED) is 0.325.